The molecular formula is C15H18N4O4S3. The number of nitrogens with zero attached hydrogens (tertiary/aromatic N) is 3. The van der Waals surface area contributed by atoms with Gasteiger partial charge in [0.2, 0.25) is 0 Å². The summed E-state index contributed by atoms with van der Waals surface area (Å²) in [6.45, 7) is 0. The predicted octanol–water partition coefficient (Wildman–Crippen LogP) is 2.76. The summed E-state index contributed by atoms with van der Waals surface area (Å²) < 4.78 is 31.1. The summed E-state index contributed by atoms with van der Waals surface area (Å²) in [6, 6.07) is 5.77. The fraction of sp³-hybridized carbons (Fsp3) is 0.267. The highest BCUT2D eigenvalue weighted by atomic mass is 32.2. The third-order valence-corrected chi connectivity index (χ3v) is 4.37. The molecule has 0 aromatic carbocycles. The number of furan rings is 1. The number of thioether (sulfide) groups is 2. The molecule has 0 spiro atoms. The fourth-order valence-corrected chi connectivity index (χ4v) is 3.19. The van der Waals surface area contributed by atoms with Crippen LogP contribution in [0.5, 0.6) is 0 Å². The lowest BCUT2D eigenvalue weighted by molar-refractivity contribution is 0.490. The smallest absolute Gasteiger partial charge is 0.261 e. The van der Waals surface area contributed by atoms with Gasteiger partial charge < -0.3 is 10.2 Å². The van der Waals surface area contributed by atoms with E-state index >= 15 is 0 Å². The molecule has 3 aromatic heterocycles. The Morgan fingerprint density at radius 1 is 1.31 bits per heavy atom. The number of hydrogen-bond acceptors (Lipinski definition) is 9. The number of aromatic nitrogens is 3. The van der Waals surface area contributed by atoms with Crippen LogP contribution in [0.1, 0.15) is 5.69 Å². The average molecular weight is 415 g/mol. The van der Waals surface area contributed by atoms with Crippen LogP contribution in [0, 0.1) is 0 Å². The first-order valence-electron chi connectivity index (χ1n) is 7.30. The molecule has 3 rings (SSSR count). The summed E-state index contributed by atoms with van der Waals surface area (Å²) in [4.78, 5) is 13.0. The molecule has 3 heterocycles. The van der Waals surface area contributed by atoms with Crippen molar-refractivity contribution >= 4 is 50.4 Å². The zero-order valence-electron chi connectivity index (χ0n) is 14.1. The quantitative estimate of drug-likeness (QED) is 0.278. The van der Waals surface area contributed by atoms with E-state index in [4.69, 9.17) is 14.7 Å². The van der Waals surface area contributed by atoms with Crippen LogP contribution in [0.4, 0.5) is 5.82 Å². The molecule has 0 aliphatic carbocycles. The molecular weight excluding hydrogens is 396 g/mol. The monoisotopic (exact) mass is 414 g/mol. The summed E-state index contributed by atoms with van der Waals surface area (Å²) >= 11 is 3.15. The number of rotatable bonds is 5. The highest BCUT2D eigenvalue weighted by Gasteiger charge is 2.05. The lowest BCUT2D eigenvalue weighted by Gasteiger charge is -2.03. The lowest BCUT2D eigenvalue weighted by Crippen LogP contribution is -1.98. The van der Waals surface area contributed by atoms with Gasteiger partial charge in [-0.1, -0.05) is 11.8 Å². The third kappa shape index (κ3) is 7.20. The van der Waals surface area contributed by atoms with Crippen molar-refractivity contribution in [3.05, 3.63) is 36.4 Å². The number of nitrogen functional groups attached to an aromatic ring is 1. The maximum absolute atomic E-state index is 9.19. The van der Waals surface area contributed by atoms with E-state index < -0.39 is 10.1 Å². The number of fused-ring (bicyclic) bond motifs is 1. The lowest BCUT2D eigenvalue weighted by atomic mass is 10.2. The Morgan fingerprint density at radius 3 is 2.73 bits per heavy atom. The van der Waals surface area contributed by atoms with Gasteiger partial charge in [-0.15, -0.1) is 11.8 Å². The van der Waals surface area contributed by atoms with E-state index in [0.29, 0.717) is 17.2 Å². The fourth-order valence-electron chi connectivity index (χ4n) is 1.89. The predicted molar refractivity (Wildman–Crippen MR) is 104 cm³/mol. The molecule has 0 unspecified atom stereocenters. The summed E-state index contributed by atoms with van der Waals surface area (Å²) in [6.07, 6.45) is 6.97. The molecule has 0 amide bonds. The van der Waals surface area contributed by atoms with Gasteiger partial charge in [0.15, 0.2) is 10.7 Å². The van der Waals surface area contributed by atoms with E-state index in [0.717, 1.165) is 33.9 Å². The first kappa shape index (κ1) is 20.5. The van der Waals surface area contributed by atoms with E-state index in [9.17, 15) is 8.42 Å². The minimum atomic E-state index is -3.67. The van der Waals surface area contributed by atoms with Crippen LogP contribution in [0.2, 0.25) is 0 Å². The van der Waals surface area contributed by atoms with Crippen LogP contribution in [0.25, 0.3) is 11.0 Å². The molecule has 3 aromatic rings. The molecule has 0 atom stereocenters. The molecule has 0 bridgehead atoms. The van der Waals surface area contributed by atoms with Crippen molar-refractivity contribution in [2.45, 2.75) is 16.6 Å². The molecule has 0 fully saturated rings. The summed E-state index contributed by atoms with van der Waals surface area (Å²) in [5.41, 5.74) is 7.62. The number of anilines is 1. The van der Waals surface area contributed by atoms with E-state index in [2.05, 4.69) is 15.0 Å². The molecule has 8 nitrogen and oxygen atoms in total. The van der Waals surface area contributed by atoms with Crippen molar-refractivity contribution in [1.82, 2.24) is 15.0 Å². The number of pyridine rings is 1. The second kappa shape index (κ2) is 9.21. The van der Waals surface area contributed by atoms with Gasteiger partial charge in [-0.2, -0.15) is 8.42 Å². The topological polar surface area (TPSA) is 132 Å². The van der Waals surface area contributed by atoms with Crippen LogP contribution < -0.4 is 5.73 Å². The minimum absolute atomic E-state index is 0.509. The molecule has 0 saturated carbocycles. The third-order valence-electron chi connectivity index (χ3n) is 2.90. The zero-order valence-corrected chi connectivity index (χ0v) is 16.6. The van der Waals surface area contributed by atoms with Crippen molar-refractivity contribution in [1.29, 1.82) is 0 Å². The molecule has 11 heteroatoms. The summed E-state index contributed by atoms with van der Waals surface area (Å²) in [5, 5.41) is 2.68. The van der Waals surface area contributed by atoms with Crippen LogP contribution in [-0.2, 0) is 16.5 Å². The first-order chi connectivity index (χ1) is 12.2. The normalized spacial score (nSPS) is 11.2. The maximum atomic E-state index is 9.19. The van der Waals surface area contributed by atoms with E-state index in [1.807, 2.05) is 18.4 Å². The number of hydrogen-bond donors (Lipinski definition) is 2. The Morgan fingerprint density at radius 2 is 2.04 bits per heavy atom. The standard InChI is InChI=1S/C14H14N4OS2.CH4O3S/c1-20-13-7-12(15)17-14(18-13)21-5-3-10-6-9-2-4-19-11(9)8-16-10;1-5(2,3)4/h2,4,6-8H,3,5H2,1H3,(H2,15,17,18);1H3,(H,2,3,4). The van der Waals surface area contributed by atoms with E-state index in [-0.39, 0.29) is 0 Å². The second-order valence-electron chi connectivity index (χ2n) is 5.08. The maximum Gasteiger partial charge on any atom is 0.261 e. The molecule has 26 heavy (non-hydrogen) atoms. The van der Waals surface area contributed by atoms with Gasteiger partial charge in [0.1, 0.15) is 10.8 Å². The molecule has 0 saturated heterocycles. The molecule has 0 aliphatic heterocycles. The van der Waals surface area contributed by atoms with E-state index in [1.165, 1.54) is 0 Å². The summed E-state index contributed by atoms with van der Waals surface area (Å²) in [7, 11) is -3.67. The van der Waals surface area contributed by atoms with Crippen molar-refractivity contribution in [3.63, 3.8) is 0 Å². The van der Waals surface area contributed by atoms with Gasteiger partial charge in [-0.05, 0) is 24.8 Å². The van der Waals surface area contributed by atoms with Gasteiger partial charge in [0.05, 0.1) is 18.7 Å². The Balaban J connectivity index is 0.000000431. The van der Waals surface area contributed by atoms with Gasteiger partial charge in [0, 0.05) is 22.9 Å². The van der Waals surface area contributed by atoms with Gasteiger partial charge in [0.25, 0.3) is 10.1 Å². The zero-order chi connectivity index (χ0) is 19.2. The molecule has 3 N–H and O–H groups in total. The van der Waals surface area contributed by atoms with Crippen LogP contribution >= 0.6 is 23.5 Å². The minimum Gasteiger partial charge on any atom is -0.463 e. The highest BCUT2D eigenvalue weighted by Crippen LogP contribution is 2.21. The van der Waals surface area contributed by atoms with Crippen LogP contribution in [0.15, 0.2) is 45.3 Å². The Labute approximate surface area is 159 Å². The second-order valence-corrected chi connectivity index (χ2v) is 8.44. The number of nitrogens with two attached hydrogens (primary N) is 1. The van der Waals surface area contributed by atoms with Crippen molar-refractivity contribution in [2.24, 2.45) is 0 Å². The van der Waals surface area contributed by atoms with Crippen LogP contribution in [0.3, 0.4) is 0 Å². The highest BCUT2D eigenvalue weighted by molar-refractivity contribution is 7.99. The van der Waals surface area contributed by atoms with Gasteiger partial charge in [-0.25, -0.2) is 9.97 Å². The Hall–Kier alpha value is -1.82. The van der Waals surface area contributed by atoms with Gasteiger partial charge >= 0.3 is 0 Å². The van der Waals surface area contributed by atoms with E-state index in [1.54, 1.807) is 42.1 Å². The first-order valence-corrected chi connectivity index (χ1v) is 11.4. The SMILES string of the molecule is CS(=O)(=O)O.CSc1cc(N)nc(SCCc2cc3ccoc3cn2)n1. The Bertz CT molecular complexity index is 968. The molecule has 140 valence electrons. The molecule has 0 aliphatic rings. The largest absolute Gasteiger partial charge is 0.463 e. The van der Waals surface area contributed by atoms with Crippen molar-refractivity contribution < 1.29 is 17.4 Å². The Kier molecular flexibility index (Phi) is 7.26. The average Bonchev–Trinajstić information content (AvgIpc) is 3.00. The molecule has 0 radical (unpaired) electrons. The van der Waals surface area contributed by atoms with Crippen molar-refractivity contribution in [3.8, 4) is 0 Å². The summed E-state index contributed by atoms with van der Waals surface area (Å²) in [5.74, 6) is 1.36. The van der Waals surface area contributed by atoms with Gasteiger partial charge in [-0.3, -0.25) is 9.54 Å². The van der Waals surface area contributed by atoms with Crippen LogP contribution in [-0.4, -0.2) is 46.2 Å². The van der Waals surface area contributed by atoms with Crippen molar-refractivity contribution in [2.75, 3.05) is 24.0 Å². The number of aryl methyl sites for hydroxylation is 1.